The average Bonchev–Trinajstić information content (AvgIpc) is 2.82. The molecule has 0 spiro atoms. The Labute approximate surface area is 226 Å². The Hall–Kier alpha value is -2.28. The summed E-state index contributed by atoms with van der Waals surface area (Å²) in [4.78, 5) is 53.2. The zero-order valence-electron chi connectivity index (χ0n) is 22.8. The van der Waals surface area contributed by atoms with Crippen LogP contribution in [0.4, 0.5) is 0 Å². The van der Waals surface area contributed by atoms with Crippen molar-refractivity contribution in [2.45, 2.75) is 64.2 Å². The molecule has 0 amide bonds. The molecular weight excluding hydrogens is 496 g/mol. The van der Waals surface area contributed by atoms with Crippen molar-refractivity contribution in [3.8, 4) is 0 Å². The van der Waals surface area contributed by atoms with Crippen LogP contribution in [-0.2, 0) is 19.2 Å². The summed E-state index contributed by atoms with van der Waals surface area (Å²) in [5, 5.41) is 36.2. The van der Waals surface area contributed by atoms with E-state index >= 15 is 0 Å². The lowest BCUT2D eigenvalue weighted by molar-refractivity contribution is -0.138. The maximum Gasteiger partial charge on any atom is 0.303 e. The number of hydrogen-bond donors (Lipinski definition) is 4. The van der Waals surface area contributed by atoms with Crippen molar-refractivity contribution in [2.24, 2.45) is 0 Å². The molecule has 1 aliphatic heterocycles. The van der Waals surface area contributed by atoms with E-state index < -0.39 is 23.9 Å². The number of rotatable bonds is 16. The molecule has 12 heteroatoms. The van der Waals surface area contributed by atoms with Crippen LogP contribution >= 0.6 is 0 Å². The largest absolute Gasteiger partial charge is 0.481 e. The van der Waals surface area contributed by atoms with E-state index in [2.05, 4.69) is 19.6 Å². The Morgan fingerprint density at radius 1 is 0.395 bits per heavy atom. The molecule has 0 unspecified atom stereocenters. The molecule has 4 N–H and O–H groups in total. The second-order valence-corrected chi connectivity index (χ2v) is 10.1. The number of hydrogen-bond acceptors (Lipinski definition) is 8. The third-order valence-electron chi connectivity index (χ3n) is 6.82. The van der Waals surface area contributed by atoms with Gasteiger partial charge in [0.1, 0.15) is 0 Å². The molecular formula is C26H48N4O8. The van der Waals surface area contributed by atoms with E-state index in [4.69, 9.17) is 20.4 Å². The first-order valence-corrected chi connectivity index (χ1v) is 13.9. The van der Waals surface area contributed by atoms with Crippen LogP contribution in [0.3, 0.4) is 0 Å². The summed E-state index contributed by atoms with van der Waals surface area (Å²) in [6.07, 6.45) is 4.52. The van der Waals surface area contributed by atoms with Crippen LogP contribution in [0.5, 0.6) is 0 Å². The molecule has 0 aliphatic carbocycles. The van der Waals surface area contributed by atoms with Crippen LogP contribution in [0.1, 0.15) is 64.2 Å². The quantitative estimate of drug-likeness (QED) is 0.222. The fourth-order valence-corrected chi connectivity index (χ4v) is 4.76. The molecule has 0 saturated carbocycles. The SMILES string of the molecule is O=C(O)CCCN1CCCN(CCCC(=O)O)CCN(CCCC(=O)O)CCCN(CCCC(=O)O)CC1. The van der Waals surface area contributed by atoms with Gasteiger partial charge in [0.15, 0.2) is 0 Å². The van der Waals surface area contributed by atoms with Gasteiger partial charge in [-0.15, -0.1) is 0 Å². The van der Waals surface area contributed by atoms with Gasteiger partial charge in [0.2, 0.25) is 0 Å². The van der Waals surface area contributed by atoms with Gasteiger partial charge in [0.25, 0.3) is 0 Å². The highest BCUT2D eigenvalue weighted by Crippen LogP contribution is 2.07. The number of carbonyl (C=O) groups is 4. The van der Waals surface area contributed by atoms with Gasteiger partial charge in [0, 0.05) is 51.9 Å². The lowest BCUT2D eigenvalue weighted by Crippen LogP contribution is -2.42. The number of nitrogens with zero attached hydrogens (tertiary/aromatic N) is 4. The minimum atomic E-state index is -0.806. The van der Waals surface area contributed by atoms with Crippen molar-refractivity contribution in [1.82, 2.24) is 19.6 Å². The molecule has 0 aromatic carbocycles. The molecule has 1 aliphatic rings. The Morgan fingerprint density at radius 3 is 0.789 bits per heavy atom. The van der Waals surface area contributed by atoms with Gasteiger partial charge >= 0.3 is 23.9 Å². The Kier molecular flexibility index (Phi) is 18.3. The topological polar surface area (TPSA) is 162 Å². The van der Waals surface area contributed by atoms with Gasteiger partial charge in [0.05, 0.1) is 0 Å². The molecule has 1 rings (SSSR count). The highest BCUT2D eigenvalue weighted by Gasteiger charge is 2.16. The van der Waals surface area contributed by atoms with Gasteiger partial charge in [-0.2, -0.15) is 0 Å². The molecule has 0 bridgehead atoms. The number of carboxylic acids is 4. The molecule has 220 valence electrons. The van der Waals surface area contributed by atoms with Crippen molar-refractivity contribution in [1.29, 1.82) is 0 Å². The molecule has 0 aromatic heterocycles. The van der Waals surface area contributed by atoms with E-state index in [-0.39, 0.29) is 25.7 Å². The Balaban J connectivity index is 2.87. The van der Waals surface area contributed by atoms with Crippen LogP contribution in [0.15, 0.2) is 0 Å². The lowest BCUT2D eigenvalue weighted by atomic mass is 10.2. The van der Waals surface area contributed by atoms with Crippen LogP contribution in [0.25, 0.3) is 0 Å². The summed E-state index contributed by atoms with van der Waals surface area (Å²) in [6.45, 7) is 9.06. The van der Waals surface area contributed by atoms with Crippen molar-refractivity contribution in [3.05, 3.63) is 0 Å². The summed E-state index contributed by atoms with van der Waals surface area (Å²) >= 11 is 0. The predicted molar refractivity (Wildman–Crippen MR) is 142 cm³/mol. The lowest BCUT2D eigenvalue weighted by Gasteiger charge is -2.32. The van der Waals surface area contributed by atoms with Gasteiger partial charge < -0.3 is 40.0 Å². The van der Waals surface area contributed by atoms with Gasteiger partial charge in [-0.1, -0.05) is 0 Å². The van der Waals surface area contributed by atoms with Crippen molar-refractivity contribution >= 4 is 23.9 Å². The highest BCUT2D eigenvalue weighted by atomic mass is 16.4. The summed E-state index contributed by atoms with van der Waals surface area (Å²) in [5.74, 6) is -3.22. The van der Waals surface area contributed by atoms with E-state index in [1.165, 1.54) is 0 Å². The Morgan fingerprint density at radius 2 is 0.605 bits per heavy atom. The average molecular weight is 545 g/mol. The minimum absolute atomic E-state index is 0.123. The molecule has 1 heterocycles. The predicted octanol–water partition coefficient (Wildman–Crippen LogP) is 1.45. The second kappa shape index (κ2) is 20.7. The standard InChI is InChI=1S/C26H48N4O8/c31-23(32)7-1-11-27-15-5-16-29(13-3-9-25(35)36)21-22-30(14-4-10-26(37)38)18-6-17-28(20-19-27)12-2-8-24(33)34/h1-22H2,(H,31,32)(H,33,34)(H,35,36)(H,37,38). The Bertz CT molecular complexity index is 595. The van der Waals surface area contributed by atoms with E-state index in [9.17, 15) is 19.2 Å². The fraction of sp³-hybridized carbons (Fsp3) is 0.846. The number of carboxylic acid groups (broad SMARTS) is 4. The van der Waals surface area contributed by atoms with Gasteiger partial charge in [-0.3, -0.25) is 19.2 Å². The molecule has 1 saturated heterocycles. The second-order valence-electron chi connectivity index (χ2n) is 10.1. The summed E-state index contributed by atoms with van der Waals surface area (Å²) in [7, 11) is 0. The van der Waals surface area contributed by atoms with Crippen molar-refractivity contribution in [2.75, 3.05) is 78.5 Å². The van der Waals surface area contributed by atoms with Crippen LogP contribution in [0, 0.1) is 0 Å². The van der Waals surface area contributed by atoms with Crippen LogP contribution < -0.4 is 0 Å². The third kappa shape index (κ3) is 18.9. The molecule has 38 heavy (non-hydrogen) atoms. The van der Waals surface area contributed by atoms with Crippen molar-refractivity contribution in [3.63, 3.8) is 0 Å². The molecule has 12 nitrogen and oxygen atoms in total. The van der Waals surface area contributed by atoms with Crippen LogP contribution in [0.2, 0.25) is 0 Å². The first kappa shape index (κ1) is 33.7. The first-order chi connectivity index (χ1) is 18.2. The highest BCUT2D eigenvalue weighted by molar-refractivity contribution is 5.67. The van der Waals surface area contributed by atoms with Gasteiger partial charge in [-0.25, -0.2) is 0 Å². The van der Waals surface area contributed by atoms with Gasteiger partial charge in [-0.05, 0) is 90.9 Å². The normalized spacial score (nSPS) is 18.1. The smallest absolute Gasteiger partial charge is 0.303 e. The third-order valence-corrected chi connectivity index (χ3v) is 6.82. The summed E-state index contributed by atoms with van der Waals surface area (Å²) < 4.78 is 0. The summed E-state index contributed by atoms with van der Waals surface area (Å²) in [5.41, 5.74) is 0. The van der Waals surface area contributed by atoms with E-state index in [1.807, 2.05) is 0 Å². The fourth-order valence-electron chi connectivity index (χ4n) is 4.76. The monoisotopic (exact) mass is 544 g/mol. The molecule has 0 aromatic rings. The maximum absolute atomic E-state index is 11.0. The summed E-state index contributed by atoms with van der Waals surface area (Å²) in [6, 6.07) is 0. The minimum Gasteiger partial charge on any atom is -0.481 e. The van der Waals surface area contributed by atoms with E-state index in [0.29, 0.717) is 51.9 Å². The van der Waals surface area contributed by atoms with Crippen molar-refractivity contribution < 1.29 is 39.6 Å². The molecule has 0 radical (unpaired) electrons. The van der Waals surface area contributed by atoms with Crippen LogP contribution in [-0.4, -0.2) is 142 Å². The molecule has 1 fully saturated rings. The number of aliphatic carboxylic acids is 4. The molecule has 0 atom stereocenters. The zero-order valence-corrected chi connectivity index (χ0v) is 22.8. The maximum atomic E-state index is 11.0. The zero-order chi connectivity index (χ0) is 28.2. The van der Waals surface area contributed by atoms with E-state index in [1.54, 1.807) is 0 Å². The van der Waals surface area contributed by atoms with E-state index in [0.717, 1.165) is 65.2 Å². The first-order valence-electron chi connectivity index (χ1n) is 13.9.